The minimum atomic E-state index is -1.05. The number of carboxylic acid groups (broad SMARTS) is 1. The van der Waals surface area contributed by atoms with Gasteiger partial charge in [-0.25, -0.2) is 4.79 Å². The lowest BCUT2D eigenvalue weighted by Gasteiger charge is -2.34. The van der Waals surface area contributed by atoms with E-state index in [1.54, 1.807) is 13.8 Å². The van der Waals surface area contributed by atoms with Gasteiger partial charge in [-0.2, -0.15) is 0 Å². The number of rotatable bonds is 10. The van der Waals surface area contributed by atoms with E-state index in [9.17, 15) is 14.7 Å². The average molecular weight is 243 g/mol. The van der Waals surface area contributed by atoms with E-state index in [0.717, 1.165) is 19.3 Å². The van der Waals surface area contributed by atoms with Crippen molar-refractivity contribution < 1.29 is 14.7 Å². The first-order valence-electron chi connectivity index (χ1n) is 6.48. The van der Waals surface area contributed by atoms with Gasteiger partial charge in [-0.05, 0) is 20.3 Å². The molecule has 4 nitrogen and oxygen atoms in total. The summed E-state index contributed by atoms with van der Waals surface area (Å²) in [5, 5.41) is 9.27. The SMILES string of the molecule is CCCCCCCC(C)(C(=O)O)N(C=O)CC. The third kappa shape index (κ3) is 4.75. The summed E-state index contributed by atoms with van der Waals surface area (Å²) in [5.74, 6) is -0.915. The van der Waals surface area contributed by atoms with Crippen molar-refractivity contribution in [1.29, 1.82) is 0 Å². The third-order valence-electron chi connectivity index (χ3n) is 3.33. The Morgan fingerprint density at radius 3 is 2.24 bits per heavy atom. The van der Waals surface area contributed by atoms with Crippen LogP contribution in [0.25, 0.3) is 0 Å². The molecule has 0 aliphatic rings. The second-order valence-electron chi connectivity index (χ2n) is 4.63. The molecule has 1 unspecified atom stereocenters. The molecule has 0 saturated carbocycles. The lowest BCUT2D eigenvalue weighted by molar-refractivity contribution is -0.154. The highest BCUT2D eigenvalue weighted by atomic mass is 16.4. The second kappa shape index (κ2) is 8.09. The van der Waals surface area contributed by atoms with Gasteiger partial charge < -0.3 is 10.0 Å². The zero-order valence-corrected chi connectivity index (χ0v) is 11.2. The van der Waals surface area contributed by atoms with Gasteiger partial charge in [0.05, 0.1) is 0 Å². The highest BCUT2D eigenvalue weighted by Crippen LogP contribution is 2.22. The molecule has 4 heteroatoms. The predicted molar refractivity (Wildman–Crippen MR) is 67.9 cm³/mol. The van der Waals surface area contributed by atoms with Crippen LogP contribution < -0.4 is 0 Å². The van der Waals surface area contributed by atoms with E-state index in [1.165, 1.54) is 17.7 Å². The fourth-order valence-corrected chi connectivity index (χ4v) is 1.99. The van der Waals surface area contributed by atoms with Gasteiger partial charge in [-0.3, -0.25) is 4.79 Å². The van der Waals surface area contributed by atoms with Crippen LogP contribution in [0.5, 0.6) is 0 Å². The molecule has 17 heavy (non-hydrogen) atoms. The lowest BCUT2D eigenvalue weighted by atomic mass is 9.92. The molecule has 0 heterocycles. The second-order valence-corrected chi connectivity index (χ2v) is 4.63. The molecule has 0 aromatic rings. The molecule has 0 bridgehead atoms. The van der Waals surface area contributed by atoms with Gasteiger partial charge in [0.25, 0.3) is 0 Å². The number of carboxylic acids is 1. The van der Waals surface area contributed by atoms with Crippen molar-refractivity contribution in [3.8, 4) is 0 Å². The zero-order chi connectivity index (χ0) is 13.3. The van der Waals surface area contributed by atoms with Crippen LogP contribution in [-0.2, 0) is 9.59 Å². The maximum atomic E-state index is 11.3. The number of nitrogens with zero attached hydrogens (tertiary/aromatic N) is 1. The molecule has 1 atom stereocenters. The van der Waals surface area contributed by atoms with Crippen molar-refractivity contribution in [1.82, 2.24) is 4.90 Å². The van der Waals surface area contributed by atoms with Crippen molar-refractivity contribution in [2.24, 2.45) is 0 Å². The molecular weight excluding hydrogens is 218 g/mol. The van der Waals surface area contributed by atoms with Gasteiger partial charge in [-0.1, -0.05) is 39.0 Å². The van der Waals surface area contributed by atoms with Gasteiger partial charge in [0.2, 0.25) is 6.41 Å². The molecule has 0 fully saturated rings. The number of aliphatic carboxylic acids is 1. The summed E-state index contributed by atoms with van der Waals surface area (Å²) in [4.78, 5) is 23.6. The normalized spacial score (nSPS) is 14.1. The van der Waals surface area contributed by atoms with Crippen LogP contribution in [0.15, 0.2) is 0 Å². The maximum Gasteiger partial charge on any atom is 0.329 e. The minimum absolute atomic E-state index is 0.432. The van der Waals surface area contributed by atoms with Crippen LogP contribution in [0.2, 0.25) is 0 Å². The van der Waals surface area contributed by atoms with Crippen molar-refractivity contribution in [2.45, 2.75) is 64.8 Å². The Kier molecular flexibility index (Phi) is 7.59. The lowest BCUT2D eigenvalue weighted by Crippen LogP contribution is -2.51. The molecule has 1 amide bonds. The van der Waals surface area contributed by atoms with E-state index in [4.69, 9.17) is 0 Å². The van der Waals surface area contributed by atoms with Crippen molar-refractivity contribution in [3.05, 3.63) is 0 Å². The molecular formula is C13H25NO3. The van der Waals surface area contributed by atoms with E-state index < -0.39 is 11.5 Å². The zero-order valence-electron chi connectivity index (χ0n) is 11.2. The summed E-state index contributed by atoms with van der Waals surface area (Å²) in [5.41, 5.74) is -1.05. The van der Waals surface area contributed by atoms with E-state index in [0.29, 0.717) is 19.4 Å². The average Bonchev–Trinajstić information content (AvgIpc) is 2.30. The van der Waals surface area contributed by atoms with Crippen molar-refractivity contribution >= 4 is 12.4 Å². The molecule has 0 spiro atoms. The van der Waals surface area contributed by atoms with Gasteiger partial charge in [0.15, 0.2) is 0 Å². The number of amides is 1. The Labute approximate surface area is 104 Å². The third-order valence-corrected chi connectivity index (χ3v) is 3.33. The Hall–Kier alpha value is -1.06. The van der Waals surface area contributed by atoms with Crippen molar-refractivity contribution in [2.75, 3.05) is 6.54 Å². The molecule has 0 aliphatic heterocycles. The molecule has 1 N–H and O–H groups in total. The summed E-state index contributed by atoms with van der Waals surface area (Å²) in [6, 6.07) is 0. The first-order chi connectivity index (χ1) is 8.02. The van der Waals surface area contributed by atoms with Crippen LogP contribution in [0.1, 0.15) is 59.3 Å². The highest BCUT2D eigenvalue weighted by molar-refractivity contribution is 5.80. The number of hydrogen-bond acceptors (Lipinski definition) is 2. The number of likely N-dealkylation sites (N-methyl/N-ethyl adjacent to an activating group) is 1. The predicted octanol–water partition coefficient (Wildman–Crippen LogP) is 2.67. The van der Waals surface area contributed by atoms with Crippen LogP contribution in [0.4, 0.5) is 0 Å². The standard InChI is InChI=1S/C13H25NO3/c1-4-6-7-8-9-10-13(3,12(16)17)14(5-2)11-15/h11H,4-10H2,1-3H3,(H,16,17). The molecule has 0 aromatic carbocycles. The fraction of sp³-hybridized carbons (Fsp3) is 0.846. The Morgan fingerprint density at radius 2 is 1.82 bits per heavy atom. The summed E-state index contributed by atoms with van der Waals surface area (Å²) in [6.45, 7) is 6.01. The smallest absolute Gasteiger partial charge is 0.329 e. The number of carbonyl (C=O) groups excluding carboxylic acids is 1. The fourth-order valence-electron chi connectivity index (χ4n) is 1.99. The Bertz CT molecular complexity index is 243. The Balaban J connectivity index is 4.31. The van der Waals surface area contributed by atoms with Gasteiger partial charge >= 0.3 is 5.97 Å². The maximum absolute atomic E-state index is 11.3. The summed E-state index contributed by atoms with van der Waals surface area (Å²) < 4.78 is 0. The minimum Gasteiger partial charge on any atom is -0.480 e. The topological polar surface area (TPSA) is 57.6 Å². The first kappa shape index (κ1) is 15.9. The van der Waals surface area contributed by atoms with Crippen LogP contribution in [0.3, 0.4) is 0 Å². The van der Waals surface area contributed by atoms with Crippen LogP contribution in [-0.4, -0.2) is 34.5 Å². The van der Waals surface area contributed by atoms with E-state index in [-0.39, 0.29) is 0 Å². The monoisotopic (exact) mass is 243 g/mol. The number of unbranched alkanes of at least 4 members (excludes halogenated alkanes) is 4. The van der Waals surface area contributed by atoms with Crippen LogP contribution >= 0.6 is 0 Å². The molecule has 0 rings (SSSR count). The molecule has 100 valence electrons. The van der Waals surface area contributed by atoms with Crippen LogP contribution in [0, 0.1) is 0 Å². The van der Waals surface area contributed by atoms with Gasteiger partial charge in [0, 0.05) is 6.54 Å². The van der Waals surface area contributed by atoms with E-state index in [2.05, 4.69) is 6.92 Å². The highest BCUT2D eigenvalue weighted by Gasteiger charge is 2.37. The summed E-state index contributed by atoms with van der Waals surface area (Å²) in [6.07, 6.45) is 6.55. The number of carbonyl (C=O) groups is 2. The van der Waals surface area contributed by atoms with Crippen molar-refractivity contribution in [3.63, 3.8) is 0 Å². The first-order valence-corrected chi connectivity index (χ1v) is 6.48. The van der Waals surface area contributed by atoms with E-state index in [1.807, 2.05) is 0 Å². The largest absolute Gasteiger partial charge is 0.480 e. The molecule has 0 radical (unpaired) electrons. The quantitative estimate of drug-likeness (QED) is 0.474. The van der Waals surface area contributed by atoms with Gasteiger partial charge in [0.1, 0.15) is 5.54 Å². The van der Waals surface area contributed by atoms with E-state index >= 15 is 0 Å². The summed E-state index contributed by atoms with van der Waals surface area (Å²) >= 11 is 0. The molecule has 0 saturated heterocycles. The molecule has 0 aliphatic carbocycles. The summed E-state index contributed by atoms with van der Waals surface area (Å²) in [7, 11) is 0. The molecule has 0 aromatic heterocycles. The Morgan fingerprint density at radius 1 is 1.24 bits per heavy atom. The van der Waals surface area contributed by atoms with Gasteiger partial charge in [-0.15, -0.1) is 0 Å². The number of hydrogen-bond donors (Lipinski definition) is 1.